The van der Waals surface area contributed by atoms with Crippen molar-refractivity contribution in [1.82, 2.24) is 9.47 Å². The van der Waals surface area contributed by atoms with E-state index in [0.717, 1.165) is 65.6 Å². The number of nitrogens with zero attached hydrogens (tertiary/aromatic N) is 3. The first kappa shape index (κ1) is 24.6. The summed E-state index contributed by atoms with van der Waals surface area (Å²) in [7, 11) is 0. The van der Waals surface area contributed by atoms with Crippen LogP contribution in [0.3, 0.4) is 0 Å². The standard InChI is InChI=1S/C27H25ClFN3O3S/c1-17-13-20(18(2)32(17)23-7-5-22(6-8-23)30-9-11-35-12-10-30)14-25-26(33)31(27(34)36-25)16-19-3-4-21(29)15-24(19)28/h3-8,13-15H,9-12,16H2,1-2H3/b25-14-. The third-order valence-corrected chi connectivity index (χ3v) is 7.72. The number of aromatic nitrogens is 1. The molecule has 5 rings (SSSR count). The van der Waals surface area contributed by atoms with Crippen LogP contribution in [0.5, 0.6) is 0 Å². The summed E-state index contributed by atoms with van der Waals surface area (Å²) in [4.78, 5) is 29.4. The molecule has 0 spiro atoms. The van der Waals surface area contributed by atoms with Crippen molar-refractivity contribution in [2.45, 2.75) is 20.4 Å². The molecule has 0 saturated carbocycles. The van der Waals surface area contributed by atoms with Gasteiger partial charge >= 0.3 is 0 Å². The van der Waals surface area contributed by atoms with E-state index in [1.165, 1.54) is 23.9 Å². The van der Waals surface area contributed by atoms with E-state index in [1.54, 1.807) is 6.08 Å². The highest BCUT2D eigenvalue weighted by atomic mass is 35.5. The van der Waals surface area contributed by atoms with Gasteiger partial charge in [0.1, 0.15) is 5.82 Å². The summed E-state index contributed by atoms with van der Waals surface area (Å²) in [5, 5.41) is -0.194. The Kier molecular flexibility index (Phi) is 6.92. The number of halogens is 2. The number of morpholine rings is 1. The number of anilines is 1. The summed E-state index contributed by atoms with van der Waals surface area (Å²) in [5.41, 5.74) is 5.57. The number of hydrogen-bond acceptors (Lipinski definition) is 5. The van der Waals surface area contributed by atoms with E-state index in [1.807, 2.05) is 19.9 Å². The molecule has 3 aromatic rings. The van der Waals surface area contributed by atoms with Crippen LogP contribution in [0.1, 0.15) is 22.5 Å². The third-order valence-electron chi connectivity index (χ3n) is 6.46. The summed E-state index contributed by atoms with van der Waals surface area (Å²) in [6.07, 6.45) is 1.76. The quantitative estimate of drug-likeness (QED) is 0.385. The lowest BCUT2D eigenvalue weighted by Gasteiger charge is -2.29. The summed E-state index contributed by atoms with van der Waals surface area (Å²) >= 11 is 7.00. The monoisotopic (exact) mass is 525 g/mol. The molecule has 0 unspecified atom stereocenters. The molecule has 0 aliphatic carbocycles. The molecule has 2 aliphatic rings. The molecule has 3 heterocycles. The van der Waals surface area contributed by atoms with Crippen molar-refractivity contribution >= 4 is 46.3 Å². The van der Waals surface area contributed by atoms with Crippen LogP contribution in [0.15, 0.2) is 53.4 Å². The zero-order valence-corrected chi connectivity index (χ0v) is 21.5. The fourth-order valence-electron chi connectivity index (χ4n) is 4.56. The van der Waals surface area contributed by atoms with Gasteiger partial charge in [-0.2, -0.15) is 0 Å². The molecule has 9 heteroatoms. The Morgan fingerprint density at radius 3 is 2.42 bits per heavy atom. The highest BCUT2D eigenvalue weighted by Gasteiger charge is 2.35. The van der Waals surface area contributed by atoms with Crippen molar-refractivity contribution in [3.8, 4) is 5.69 Å². The second kappa shape index (κ2) is 10.1. The fraction of sp³-hybridized carbons (Fsp3) is 0.259. The molecule has 0 atom stereocenters. The Morgan fingerprint density at radius 1 is 1.03 bits per heavy atom. The van der Waals surface area contributed by atoms with Crippen LogP contribution in [0, 0.1) is 19.7 Å². The summed E-state index contributed by atoms with van der Waals surface area (Å²) < 4.78 is 20.9. The largest absolute Gasteiger partial charge is 0.378 e. The second-order valence-corrected chi connectivity index (χ2v) is 10.2. The Bertz CT molecular complexity index is 1360. The van der Waals surface area contributed by atoms with Crippen molar-refractivity contribution in [1.29, 1.82) is 0 Å². The van der Waals surface area contributed by atoms with Gasteiger partial charge < -0.3 is 14.2 Å². The van der Waals surface area contributed by atoms with Crippen molar-refractivity contribution < 1.29 is 18.7 Å². The number of ether oxygens (including phenoxy) is 1. The van der Waals surface area contributed by atoms with Crippen LogP contribution < -0.4 is 4.90 Å². The number of thioether (sulfide) groups is 1. The molecular weight excluding hydrogens is 501 g/mol. The van der Waals surface area contributed by atoms with Gasteiger partial charge in [-0.25, -0.2) is 4.39 Å². The van der Waals surface area contributed by atoms with Crippen LogP contribution in [0.2, 0.25) is 5.02 Å². The third kappa shape index (κ3) is 4.81. The minimum absolute atomic E-state index is 0.00433. The van der Waals surface area contributed by atoms with Gasteiger partial charge in [-0.3, -0.25) is 14.5 Å². The van der Waals surface area contributed by atoms with Gasteiger partial charge in [-0.1, -0.05) is 17.7 Å². The van der Waals surface area contributed by atoms with Crippen LogP contribution in [-0.2, 0) is 16.1 Å². The molecule has 36 heavy (non-hydrogen) atoms. The summed E-state index contributed by atoms with van der Waals surface area (Å²) in [5.74, 6) is -0.853. The number of carbonyl (C=O) groups is 2. The molecule has 1 aromatic heterocycles. The van der Waals surface area contributed by atoms with E-state index in [9.17, 15) is 14.0 Å². The predicted molar refractivity (Wildman–Crippen MR) is 141 cm³/mol. The van der Waals surface area contributed by atoms with Gasteiger partial charge in [-0.05, 0) is 85.3 Å². The minimum atomic E-state index is -0.469. The minimum Gasteiger partial charge on any atom is -0.378 e. The van der Waals surface area contributed by atoms with E-state index < -0.39 is 5.82 Å². The molecule has 2 amide bonds. The number of hydrogen-bond donors (Lipinski definition) is 0. The number of amides is 2. The molecule has 0 bridgehead atoms. The fourth-order valence-corrected chi connectivity index (χ4v) is 5.62. The van der Waals surface area contributed by atoms with Crippen molar-refractivity contribution in [2.24, 2.45) is 0 Å². The number of benzene rings is 2. The molecular formula is C27H25ClFN3O3S. The van der Waals surface area contributed by atoms with E-state index in [4.69, 9.17) is 16.3 Å². The SMILES string of the molecule is Cc1cc(/C=C2\SC(=O)N(Cc3ccc(F)cc3Cl)C2=O)c(C)n1-c1ccc(N2CCOCC2)cc1. The van der Waals surface area contributed by atoms with Crippen molar-refractivity contribution in [2.75, 3.05) is 31.2 Å². The summed E-state index contributed by atoms with van der Waals surface area (Å²) in [6, 6.07) is 14.4. The van der Waals surface area contributed by atoms with Crippen LogP contribution in [0.4, 0.5) is 14.9 Å². The van der Waals surface area contributed by atoms with Crippen molar-refractivity contribution in [3.63, 3.8) is 0 Å². The van der Waals surface area contributed by atoms with Crippen LogP contribution in [-0.4, -0.2) is 46.9 Å². The Labute approximate surface area is 218 Å². The number of rotatable bonds is 5. The first-order valence-corrected chi connectivity index (χ1v) is 12.8. The molecule has 6 nitrogen and oxygen atoms in total. The molecule has 0 radical (unpaired) electrons. The van der Waals surface area contributed by atoms with Gasteiger partial charge in [0, 0.05) is 40.9 Å². The van der Waals surface area contributed by atoms with Crippen molar-refractivity contribution in [3.05, 3.63) is 86.8 Å². The average molecular weight is 526 g/mol. The summed E-state index contributed by atoms with van der Waals surface area (Å²) in [6.45, 7) is 7.25. The zero-order valence-electron chi connectivity index (χ0n) is 20.0. The van der Waals surface area contributed by atoms with E-state index in [0.29, 0.717) is 10.5 Å². The number of imide groups is 1. The average Bonchev–Trinajstić information content (AvgIpc) is 3.30. The lowest BCUT2D eigenvalue weighted by atomic mass is 10.2. The topological polar surface area (TPSA) is 54.8 Å². The zero-order chi connectivity index (χ0) is 25.4. The van der Waals surface area contributed by atoms with Crippen LogP contribution >= 0.6 is 23.4 Å². The normalized spacial score (nSPS) is 17.5. The number of carbonyl (C=O) groups excluding carboxylic acids is 2. The number of aryl methyl sites for hydroxylation is 1. The molecule has 186 valence electrons. The van der Waals surface area contributed by atoms with E-state index in [-0.39, 0.29) is 22.7 Å². The Morgan fingerprint density at radius 2 is 1.72 bits per heavy atom. The first-order valence-electron chi connectivity index (χ1n) is 11.6. The lowest BCUT2D eigenvalue weighted by Crippen LogP contribution is -2.36. The van der Waals surface area contributed by atoms with Gasteiger partial charge in [0.15, 0.2) is 0 Å². The maximum Gasteiger partial charge on any atom is 0.293 e. The maximum absolute atomic E-state index is 13.4. The second-order valence-electron chi connectivity index (χ2n) is 8.78. The highest BCUT2D eigenvalue weighted by molar-refractivity contribution is 8.18. The Balaban J connectivity index is 1.37. The van der Waals surface area contributed by atoms with E-state index in [2.05, 4.69) is 33.7 Å². The lowest BCUT2D eigenvalue weighted by molar-refractivity contribution is -0.123. The predicted octanol–water partition coefficient (Wildman–Crippen LogP) is 5.96. The first-order chi connectivity index (χ1) is 17.3. The molecule has 0 N–H and O–H groups in total. The van der Waals surface area contributed by atoms with Crippen LogP contribution in [0.25, 0.3) is 11.8 Å². The maximum atomic E-state index is 13.4. The highest BCUT2D eigenvalue weighted by Crippen LogP contribution is 2.35. The van der Waals surface area contributed by atoms with Gasteiger partial charge in [0.2, 0.25) is 0 Å². The molecule has 2 saturated heterocycles. The molecule has 2 aromatic carbocycles. The van der Waals surface area contributed by atoms with E-state index >= 15 is 0 Å². The van der Waals surface area contributed by atoms with Gasteiger partial charge in [0.05, 0.1) is 24.7 Å². The molecule has 2 fully saturated rings. The smallest absolute Gasteiger partial charge is 0.293 e. The Hall–Kier alpha value is -3.07. The van der Waals surface area contributed by atoms with Gasteiger partial charge in [-0.15, -0.1) is 0 Å². The van der Waals surface area contributed by atoms with Gasteiger partial charge in [0.25, 0.3) is 11.1 Å². The molecule has 2 aliphatic heterocycles.